The van der Waals surface area contributed by atoms with Crippen molar-refractivity contribution >= 4 is 17.2 Å². The third-order valence-corrected chi connectivity index (χ3v) is 5.49. The van der Waals surface area contributed by atoms with Crippen molar-refractivity contribution in [2.75, 3.05) is 13.1 Å². The first-order chi connectivity index (χ1) is 11.0. The molecule has 4 heteroatoms. The first kappa shape index (κ1) is 20.1. The molecular weight excluding hydrogens is 309 g/mol. The number of thiophene rings is 1. The summed E-state index contributed by atoms with van der Waals surface area (Å²) in [6, 6.07) is 2.02. The second kappa shape index (κ2) is 10.8. The Labute approximate surface area is 145 Å². The number of unbranched alkanes of at least 4 members (excludes halogenated alkanes) is 1. The van der Waals surface area contributed by atoms with Crippen LogP contribution in [-0.4, -0.2) is 30.1 Å². The predicted molar refractivity (Wildman–Crippen MR) is 98.1 cm³/mol. The zero-order valence-corrected chi connectivity index (χ0v) is 15.9. The molecule has 1 aromatic heterocycles. The number of hydrogen-bond acceptors (Lipinski definition) is 2. The fraction of sp³-hybridized carbons (Fsp3) is 0.737. The predicted octanol–water partition coefficient (Wildman–Crippen LogP) is 5.72. The molecule has 2 unspecified atom stereocenters. The number of alkyl halides is 1. The Morgan fingerprint density at radius 3 is 2.52 bits per heavy atom. The van der Waals surface area contributed by atoms with E-state index < -0.39 is 6.17 Å². The second-order valence-electron chi connectivity index (χ2n) is 6.28. The maximum atomic E-state index is 14.2. The van der Waals surface area contributed by atoms with Crippen LogP contribution in [0.4, 0.5) is 4.39 Å². The zero-order valence-electron chi connectivity index (χ0n) is 15.1. The fourth-order valence-corrected chi connectivity index (χ4v) is 3.77. The van der Waals surface area contributed by atoms with Gasteiger partial charge >= 0.3 is 0 Å². The molecule has 2 nitrogen and oxygen atoms in total. The highest BCUT2D eigenvalue weighted by atomic mass is 32.1. The molecule has 1 heterocycles. The lowest BCUT2D eigenvalue weighted by molar-refractivity contribution is 0.0777. The van der Waals surface area contributed by atoms with Crippen molar-refractivity contribution in [2.24, 2.45) is 5.92 Å². The summed E-state index contributed by atoms with van der Waals surface area (Å²) in [6.07, 6.45) is 4.69. The summed E-state index contributed by atoms with van der Waals surface area (Å²) in [6.45, 7) is 9.62. The van der Waals surface area contributed by atoms with Crippen molar-refractivity contribution in [2.45, 2.75) is 72.4 Å². The topological polar surface area (TPSA) is 20.3 Å². The van der Waals surface area contributed by atoms with Gasteiger partial charge in [0, 0.05) is 13.1 Å². The molecule has 0 fully saturated rings. The van der Waals surface area contributed by atoms with Crippen LogP contribution in [0.25, 0.3) is 0 Å². The SMILES string of the molecule is CCCCC(C)C(F)CCCc1ccsc1C(=O)N(CC)CC. The maximum Gasteiger partial charge on any atom is 0.264 e. The van der Waals surface area contributed by atoms with Crippen LogP contribution >= 0.6 is 11.3 Å². The van der Waals surface area contributed by atoms with E-state index in [1.54, 1.807) is 0 Å². The van der Waals surface area contributed by atoms with Gasteiger partial charge in [0.2, 0.25) is 0 Å². The van der Waals surface area contributed by atoms with Gasteiger partial charge < -0.3 is 4.90 Å². The number of halogens is 1. The number of carbonyl (C=O) groups is 1. The van der Waals surface area contributed by atoms with E-state index in [0.29, 0.717) is 6.42 Å². The first-order valence-corrected chi connectivity index (χ1v) is 9.92. The Balaban J connectivity index is 2.50. The molecule has 23 heavy (non-hydrogen) atoms. The summed E-state index contributed by atoms with van der Waals surface area (Å²) in [5.41, 5.74) is 1.08. The van der Waals surface area contributed by atoms with Crippen molar-refractivity contribution in [3.05, 3.63) is 21.9 Å². The lowest BCUT2D eigenvalue weighted by Crippen LogP contribution is -2.30. The van der Waals surface area contributed by atoms with E-state index >= 15 is 0 Å². The maximum absolute atomic E-state index is 14.2. The Morgan fingerprint density at radius 1 is 1.22 bits per heavy atom. The zero-order chi connectivity index (χ0) is 17.2. The molecule has 0 N–H and O–H groups in total. The highest BCUT2D eigenvalue weighted by molar-refractivity contribution is 7.12. The molecular formula is C19H32FNOS. The highest BCUT2D eigenvalue weighted by Crippen LogP contribution is 2.24. The van der Waals surface area contributed by atoms with Crippen LogP contribution in [0.5, 0.6) is 0 Å². The number of rotatable bonds is 11. The summed E-state index contributed by atoms with van der Waals surface area (Å²) >= 11 is 1.51. The molecule has 0 spiro atoms. The summed E-state index contributed by atoms with van der Waals surface area (Å²) < 4.78 is 14.2. The molecule has 0 saturated heterocycles. The number of amides is 1. The Bertz CT molecular complexity index is 456. The lowest BCUT2D eigenvalue weighted by atomic mass is 9.95. The summed E-state index contributed by atoms with van der Waals surface area (Å²) in [7, 11) is 0. The van der Waals surface area contributed by atoms with Gasteiger partial charge in [0.05, 0.1) is 4.88 Å². The van der Waals surface area contributed by atoms with Crippen LogP contribution in [0.15, 0.2) is 11.4 Å². The fourth-order valence-electron chi connectivity index (χ4n) is 2.85. The van der Waals surface area contributed by atoms with Gasteiger partial charge in [0.25, 0.3) is 5.91 Å². The van der Waals surface area contributed by atoms with Crippen LogP contribution in [0.2, 0.25) is 0 Å². The minimum absolute atomic E-state index is 0.119. The van der Waals surface area contributed by atoms with Gasteiger partial charge in [-0.15, -0.1) is 11.3 Å². The molecule has 1 rings (SSSR count). The van der Waals surface area contributed by atoms with Crippen molar-refractivity contribution in [1.82, 2.24) is 4.90 Å². The van der Waals surface area contributed by atoms with Crippen LogP contribution in [-0.2, 0) is 6.42 Å². The van der Waals surface area contributed by atoms with E-state index in [2.05, 4.69) is 6.92 Å². The smallest absolute Gasteiger partial charge is 0.264 e. The molecule has 0 aliphatic carbocycles. The quantitative estimate of drug-likeness (QED) is 0.504. The minimum atomic E-state index is -0.720. The standard InChI is InChI=1S/C19H32FNOS/c1-5-8-10-15(4)17(20)12-9-11-16-13-14-23-18(16)19(22)21(6-2)7-3/h13-15,17H,5-12H2,1-4H3. The Morgan fingerprint density at radius 2 is 1.91 bits per heavy atom. The molecule has 2 atom stereocenters. The normalized spacial score (nSPS) is 13.8. The van der Waals surface area contributed by atoms with E-state index in [-0.39, 0.29) is 11.8 Å². The lowest BCUT2D eigenvalue weighted by Gasteiger charge is -2.19. The highest BCUT2D eigenvalue weighted by Gasteiger charge is 2.19. The molecule has 132 valence electrons. The van der Waals surface area contributed by atoms with Gasteiger partial charge in [0.1, 0.15) is 6.17 Å². The molecule has 1 amide bonds. The Hall–Kier alpha value is -0.900. The van der Waals surface area contributed by atoms with Crippen molar-refractivity contribution in [3.63, 3.8) is 0 Å². The largest absolute Gasteiger partial charge is 0.339 e. The average molecular weight is 342 g/mol. The molecule has 1 aromatic rings. The second-order valence-corrected chi connectivity index (χ2v) is 7.20. The van der Waals surface area contributed by atoms with Crippen molar-refractivity contribution in [1.29, 1.82) is 0 Å². The van der Waals surface area contributed by atoms with Gasteiger partial charge in [-0.3, -0.25) is 4.79 Å². The van der Waals surface area contributed by atoms with Gasteiger partial charge in [-0.1, -0.05) is 26.7 Å². The van der Waals surface area contributed by atoms with E-state index in [1.807, 2.05) is 37.1 Å². The summed E-state index contributed by atoms with van der Waals surface area (Å²) in [4.78, 5) is 15.2. The third kappa shape index (κ3) is 6.25. The Kier molecular flexibility index (Phi) is 9.46. The average Bonchev–Trinajstić information content (AvgIpc) is 3.01. The van der Waals surface area contributed by atoms with Gasteiger partial charge in [-0.2, -0.15) is 0 Å². The molecule has 0 radical (unpaired) electrons. The molecule has 0 aliphatic heterocycles. The summed E-state index contributed by atoms with van der Waals surface area (Å²) in [5, 5.41) is 1.98. The van der Waals surface area contributed by atoms with Gasteiger partial charge in [-0.05, 0) is 62.5 Å². The molecule has 0 aliphatic rings. The van der Waals surface area contributed by atoms with Crippen LogP contribution in [0, 0.1) is 5.92 Å². The first-order valence-electron chi connectivity index (χ1n) is 9.04. The molecule has 0 aromatic carbocycles. The molecule has 0 saturated carbocycles. The number of nitrogens with zero attached hydrogens (tertiary/aromatic N) is 1. The van der Waals surface area contributed by atoms with Gasteiger partial charge in [0.15, 0.2) is 0 Å². The monoisotopic (exact) mass is 341 g/mol. The molecule has 0 bridgehead atoms. The minimum Gasteiger partial charge on any atom is -0.339 e. The van der Waals surface area contributed by atoms with Crippen molar-refractivity contribution in [3.8, 4) is 0 Å². The van der Waals surface area contributed by atoms with Crippen LogP contribution in [0.1, 0.15) is 75.0 Å². The van der Waals surface area contributed by atoms with Gasteiger partial charge in [-0.25, -0.2) is 4.39 Å². The summed E-state index contributed by atoms with van der Waals surface area (Å²) in [5.74, 6) is 0.266. The number of carbonyl (C=O) groups excluding carboxylic acids is 1. The number of hydrogen-bond donors (Lipinski definition) is 0. The van der Waals surface area contributed by atoms with Crippen LogP contribution in [0.3, 0.4) is 0 Å². The number of aryl methyl sites for hydroxylation is 1. The third-order valence-electron chi connectivity index (χ3n) is 4.55. The van der Waals surface area contributed by atoms with E-state index in [9.17, 15) is 9.18 Å². The van der Waals surface area contributed by atoms with Crippen LogP contribution < -0.4 is 0 Å². The van der Waals surface area contributed by atoms with E-state index in [0.717, 1.165) is 55.6 Å². The van der Waals surface area contributed by atoms with E-state index in [1.165, 1.54) is 11.3 Å². The van der Waals surface area contributed by atoms with E-state index in [4.69, 9.17) is 0 Å². The van der Waals surface area contributed by atoms with Crippen molar-refractivity contribution < 1.29 is 9.18 Å².